The van der Waals surface area contributed by atoms with Crippen molar-refractivity contribution in [2.24, 2.45) is 0 Å². The minimum absolute atomic E-state index is 0.217. The molecule has 0 aromatic heterocycles. The highest BCUT2D eigenvalue weighted by atomic mass is 79.9. The molecule has 1 aliphatic rings. The Labute approximate surface area is 147 Å². The van der Waals surface area contributed by atoms with Crippen LogP contribution in [0.1, 0.15) is 15.9 Å². The number of esters is 1. The monoisotopic (exact) mass is 394 g/mol. The third-order valence-corrected chi connectivity index (χ3v) is 4.25. The van der Waals surface area contributed by atoms with Crippen LogP contribution < -0.4 is 18.9 Å². The fraction of sp³-hybridized carbons (Fsp3) is 0.235. The molecule has 0 saturated carbocycles. The largest absolute Gasteiger partial charge is 0.493 e. The summed E-state index contributed by atoms with van der Waals surface area (Å²) in [6.07, 6.45) is 0. The molecule has 0 saturated heterocycles. The molecular weight excluding hydrogens is 380 g/mol. The lowest BCUT2D eigenvalue weighted by Crippen LogP contribution is -2.03. The Kier molecular flexibility index (Phi) is 4.80. The molecule has 2 aromatic rings. The van der Waals surface area contributed by atoms with E-state index in [1.165, 1.54) is 14.2 Å². The molecule has 1 heterocycles. The van der Waals surface area contributed by atoms with Crippen LogP contribution in [0.25, 0.3) is 0 Å². The van der Waals surface area contributed by atoms with Crippen LogP contribution in [-0.4, -0.2) is 27.0 Å². The predicted octanol–water partition coefficient (Wildman–Crippen LogP) is 3.55. The average molecular weight is 395 g/mol. The first-order valence-corrected chi connectivity index (χ1v) is 7.89. The van der Waals surface area contributed by atoms with E-state index in [0.29, 0.717) is 35.2 Å². The molecule has 0 aliphatic carbocycles. The molecular formula is C17H15BrO6. The van der Waals surface area contributed by atoms with Gasteiger partial charge in [0.25, 0.3) is 0 Å². The van der Waals surface area contributed by atoms with E-state index in [4.69, 9.17) is 23.7 Å². The molecule has 126 valence electrons. The van der Waals surface area contributed by atoms with E-state index in [2.05, 4.69) is 15.9 Å². The predicted molar refractivity (Wildman–Crippen MR) is 88.9 cm³/mol. The first kappa shape index (κ1) is 16.4. The van der Waals surface area contributed by atoms with Crippen LogP contribution in [0.2, 0.25) is 0 Å². The second-order valence-corrected chi connectivity index (χ2v) is 5.80. The minimum Gasteiger partial charge on any atom is -0.493 e. The van der Waals surface area contributed by atoms with Gasteiger partial charge < -0.3 is 23.7 Å². The summed E-state index contributed by atoms with van der Waals surface area (Å²) >= 11 is 3.49. The Morgan fingerprint density at radius 2 is 1.88 bits per heavy atom. The molecule has 0 N–H and O–H groups in total. The van der Waals surface area contributed by atoms with E-state index in [9.17, 15) is 4.79 Å². The van der Waals surface area contributed by atoms with Gasteiger partial charge in [0.1, 0.15) is 6.61 Å². The number of methoxy groups -OCH3 is 2. The van der Waals surface area contributed by atoms with Crippen molar-refractivity contribution < 1.29 is 28.5 Å². The summed E-state index contributed by atoms with van der Waals surface area (Å²) in [6.45, 7) is 0.514. The molecule has 0 unspecified atom stereocenters. The molecule has 6 nitrogen and oxygen atoms in total. The Morgan fingerprint density at radius 3 is 2.58 bits per heavy atom. The van der Waals surface area contributed by atoms with Gasteiger partial charge in [-0.25, -0.2) is 4.79 Å². The molecule has 24 heavy (non-hydrogen) atoms. The topological polar surface area (TPSA) is 63.2 Å². The molecule has 0 fully saturated rings. The summed E-state index contributed by atoms with van der Waals surface area (Å²) in [5.74, 6) is 1.93. The van der Waals surface area contributed by atoms with E-state index in [1.807, 2.05) is 12.1 Å². The first-order chi connectivity index (χ1) is 11.6. The van der Waals surface area contributed by atoms with Crippen LogP contribution in [0, 0.1) is 0 Å². The normalized spacial score (nSPS) is 12.0. The Balaban J connectivity index is 1.78. The number of halogens is 1. The number of hydrogen-bond acceptors (Lipinski definition) is 6. The second kappa shape index (κ2) is 7.00. The lowest BCUT2D eigenvalue weighted by atomic mass is 10.2. The summed E-state index contributed by atoms with van der Waals surface area (Å²) in [6, 6.07) is 8.58. The van der Waals surface area contributed by atoms with Crippen molar-refractivity contribution in [1.29, 1.82) is 0 Å². The summed E-state index contributed by atoms with van der Waals surface area (Å²) in [7, 11) is 2.84. The third kappa shape index (κ3) is 3.26. The van der Waals surface area contributed by atoms with Crippen molar-refractivity contribution in [2.75, 3.05) is 21.0 Å². The summed E-state index contributed by atoms with van der Waals surface area (Å²) in [4.78, 5) is 11.6. The van der Waals surface area contributed by atoms with E-state index in [1.54, 1.807) is 18.2 Å². The van der Waals surface area contributed by atoms with Gasteiger partial charge >= 0.3 is 5.97 Å². The molecule has 0 amide bonds. The highest BCUT2D eigenvalue weighted by molar-refractivity contribution is 9.10. The molecule has 0 radical (unpaired) electrons. The first-order valence-electron chi connectivity index (χ1n) is 7.09. The smallest absolute Gasteiger partial charge is 0.337 e. The third-order valence-electron chi connectivity index (χ3n) is 3.51. The number of rotatable bonds is 5. The minimum atomic E-state index is -0.432. The molecule has 0 bridgehead atoms. The Hall–Kier alpha value is -2.41. The maximum Gasteiger partial charge on any atom is 0.337 e. The van der Waals surface area contributed by atoms with Crippen LogP contribution >= 0.6 is 15.9 Å². The lowest BCUT2D eigenvalue weighted by Gasteiger charge is -2.13. The van der Waals surface area contributed by atoms with Gasteiger partial charge in [-0.05, 0) is 30.3 Å². The van der Waals surface area contributed by atoms with Crippen LogP contribution in [0.15, 0.2) is 34.8 Å². The quantitative estimate of drug-likeness (QED) is 0.722. The van der Waals surface area contributed by atoms with E-state index >= 15 is 0 Å². The highest BCUT2D eigenvalue weighted by Gasteiger charge is 2.17. The average Bonchev–Trinajstić information content (AvgIpc) is 3.05. The van der Waals surface area contributed by atoms with Crippen molar-refractivity contribution in [3.63, 3.8) is 0 Å². The number of benzene rings is 2. The van der Waals surface area contributed by atoms with Crippen molar-refractivity contribution in [3.8, 4) is 23.0 Å². The fourth-order valence-electron chi connectivity index (χ4n) is 2.26. The standard InChI is InChI=1S/C17H15BrO6/c1-20-14-5-10(17(19)21-2)3-4-13(14)22-8-11-6-15-16(7-12(11)18)24-9-23-15/h3-7H,8-9H2,1-2H3. The number of ether oxygens (including phenoxy) is 5. The van der Waals surface area contributed by atoms with Crippen molar-refractivity contribution in [3.05, 3.63) is 45.9 Å². The van der Waals surface area contributed by atoms with Crippen LogP contribution in [0.3, 0.4) is 0 Å². The molecule has 2 aromatic carbocycles. The lowest BCUT2D eigenvalue weighted by molar-refractivity contribution is 0.0600. The van der Waals surface area contributed by atoms with Gasteiger partial charge in [-0.3, -0.25) is 0 Å². The summed E-state index contributed by atoms with van der Waals surface area (Å²) in [5, 5.41) is 0. The van der Waals surface area contributed by atoms with Gasteiger partial charge in [0.05, 0.1) is 19.8 Å². The van der Waals surface area contributed by atoms with Crippen LogP contribution in [0.4, 0.5) is 0 Å². The second-order valence-electron chi connectivity index (χ2n) is 4.94. The maximum atomic E-state index is 11.6. The fourth-order valence-corrected chi connectivity index (χ4v) is 2.69. The van der Waals surface area contributed by atoms with E-state index in [-0.39, 0.29) is 6.79 Å². The SMILES string of the molecule is COC(=O)c1ccc(OCc2cc3c(cc2Br)OCO3)c(OC)c1. The number of hydrogen-bond donors (Lipinski definition) is 0. The van der Waals surface area contributed by atoms with Crippen molar-refractivity contribution in [1.82, 2.24) is 0 Å². The van der Waals surface area contributed by atoms with Crippen LogP contribution in [0.5, 0.6) is 23.0 Å². The van der Waals surface area contributed by atoms with E-state index in [0.717, 1.165) is 10.0 Å². The Bertz CT molecular complexity index is 774. The van der Waals surface area contributed by atoms with Gasteiger partial charge in [0.15, 0.2) is 23.0 Å². The zero-order valence-corrected chi connectivity index (χ0v) is 14.7. The van der Waals surface area contributed by atoms with E-state index < -0.39 is 5.97 Å². The van der Waals surface area contributed by atoms with Gasteiger partial charge in [-0.1, -0.05) is 15.9 Å². The Morgan fingerprint density at radius 1 is 1.12 bits per heavy atom. The van der Waals surface area contributed by atoms with Gasteiger partial charge in [0, 0.05) is 10.0 Å². The van der Waals surface area contributed by atoms with Gasteiger partial charge in [-0.15, -0.1) is 0 Å². The molecule has 0 atom stereocenters. The van der Waals surface area contributed by atoms with Crippen molar-refractivity contribution >= 4 is 21.9 Å². The molecule has 1 aliphatic heterocycles. The zero-order chi connectivity index (χ0) is 17.1. The molecule has 0 spiro atoms. The number of carbonyl (C=O) groups excluding carboxylic acids is 1. The molecule has 3 rings (SSSR count). The number of carbonyl (C=O) groups is 1. The summed E-state index contributed by atoms with van der Waals surface area (Å²) < 4.78 is 27.4. The zero-order valence-electron chi connectivity index (χ0n) is 13.1. The van der Waals surface area contributed by atoms with Gasteiger partial charge in [0.2, 0.25) is 6.79 Å². The highest BCUT2D eigenvalue weighted by Crippen LogP contribution is 2.38. The number of fused-ring (bicyclic) bond motifs is 1. The maximum absolute atomic E-state index is 11.6. The van der Waals surface area contributed by atoms with Gasteiger partial charge in [-0.2, -0.15) is 0 Å². The summed E-state index contributed by atoms with van der Waals surface area (Å²) in [5.41, 5.74) is 1.30. The van der Waals surface area contributed by atoms with Crippen molar-refractivity contribution in [2.45, 2.75) is 6.61 Å². The van der Waals surface area contributed by atoms with Crippen LogP contribution in [-0.2, 0) is 11.3 Å². The molecule has 7 heteroatoms.